The van der Waals surface area contributed by atoms with Crippen molar-refractivity contribution in [3.05, 3.63) is 18.0 Å². The molecule has 1 aliphatic heterocycles. The summed E-state index contributed by atoms with van der Waals surface area (Å²) < 4.78 is 2.12. The molecule has 5 heteroatoms. The van der Waals surface area contributed by atoms with Crippen LogP contribution in [0.2, 0.25) is 0 Å². The molecular weight excluding hydrogens is 254 g/mol. The van der Waals surface area contributed by atoms with Crippen molar-refractivity contribution in [3.8, 4) is 0 Å². The third-order valence-electron chi connectivity index (χ3n) is 4.61. The van der Waals surface area contributed by atoms with Gasteiger partial charge in [-0.15, -0.1) is 0 Å². The molecule has 20 heavy (non-hydrogen) atoms. The molecular formula is C15H23N3O2. The zero-order valence-corrected chi connectivity index (χ0v) is 11.8. The van der Waals surface area contributed by atoms with Gasteiger partial charge < -0.3 is 10.4 Å². The third kappa shape index (κ3) is 3.03. The third-order valence-corrected chi connectivity index (χ3v) is 4.61. The van der Waals surface area contributed by atoms with Crippen molar-refractivity contribution in [1.29, 1.82) is 0 Å². The van der Waals surface area contributed by atoms with Crippen LogP contribution in [0.3, 0.4) is 0 Å². The molecule has 5 nitrogen and oxygen atoms in total. The number of rotatable bonds is 4. The van der Waals surface area contributed by atoms with Crippen LogP contribution in [-0.4, -0.2) is 32.9 Å². The van der Waals surface area contributed by atoms with E-state index in [1.807, 2.05) is 0 Å². The molecule has 2 unspecified atom stereocenters. The summed E-state index contributed by atoms with van der Waals surface area (Å²) >= 11 is 0. The summed E-state index contributed by atoms with van der Waals surface area (Å²) in [5, 5.41) is 16.9. The molecule has 0 aromatic carbocycles. The quantitative estimate of drug-likeness (QED) is 0.885. The van der Waals surface area contributed by atoms with Crippen LogP contribution in [-0.2, 0) is 11.2 Å². The molecule has 2 fully saturated rings. The number of aromatic nitrogens is 2. The summed E-state index contributed by atoms with van der Waals surface area (Å²) in [6, 6.07) is 2.54. The van der Waals surface area contributed by atoms with E-state index in [2.05, 4.69) is 22.3 Å². The molecule has 2 atom stereocenters. The second kappa shape index (κ2) is 5.95. The zero-order valence-electron chi connectivity index (χ0n) is 11.8. The zero-order chi connectivity index (χ0) is 13.9. The normalized spacial score (nSPS) is 27.8. The number of hydrogen-bond acceptors (Lipinski definition) is 3. The molecule has 1 saturated heterocycles. The molecule has 1 aliphatic carbocycles. The minimum absolute atomic E-state index is 0.255. The Morgan fingerprint density at radius 1 is 1.30 bits per heavy atom. The molecule has 1 saturated carbocycles. The fourth-order valence-electron chi connectivity index (χ4n) is 3.46. The van der Waals surface area contributed by atoms with Crippen LogP contribution in [0.15, 0.2) is 12.3 Å². The Balaban J connectivity index is 1.56. The Kier molecular flexibility index (Phi) is 4.05. The Labute approximate surface area is 119 Å². The van der Waals surface area contributed by atoms with Crippen LogP contribution >= 0.6 is 0 Å². The Bertz CT molecular complexity index is 465. The lowest BCUT2D eigenvalue weighted by molar-refractivity contribution is -0.139. The second-order valence-corrected chi connectivity index (χ2v) is 6.11. The van der Waals surface area contributed by atoms with Crippen molar-refractivity contribution in [1.82, 2.24) is 15.1 Å². The predicted octanol–water partition coefficient (Wildman–Crippen LogP) is 2.14. The van der Waals surface area contributed by atoms with Gasteiger partial charge in [0.15, 0.2) is 0 Å². The molecule has 1 aromatic rings. The van der Waals surface area contributed by atoms with Crippen molar-refractivity contribution >= 4 is 5.97 Å². The van der Waals surface area contributed by atoms with Gasteiger partial charge in [-0.2, -0.15) is 5.10 Å². The topological polar surface area (TPSA) is 67.1 Å². The van der Waals surface area contributed by atoms with Gasteiger partial charge in [0.25, 0.3) is 0 Å². The molecule has 2 heterocycles. The van der Waals surface area contributed by atoms with Crippen molar-refractivity contribution in [2.45, 2.75) is 69.5 Å². The number of carbonyl (C=O) groups is 1. The van der Waals surface area contributed by atoms with E-state index in [1.54, 1.807) is 0 Å². The summed E-state index contributed by atoms with van der Waals surface area (Å²) in [6.45, 7) is 0. The first kappa shape index (κ1) is 13.6. The first-order valence-corrected chi connectivity index (χ1v) is 7.75. The summed E-state index contributed by atoms with van der Waals surface area (Å²) in [5.74, 6) is -0.736. The average molecular weight is 277 g/mol. The average Bonchev–Trinajstić information content (AvgIpc) is 3.10. The molecule has 0 spiro atoms. The lowest BCUT2D eigenvalue weighted by Crippen LogP contribution is -2.36. The molecule has 3 rings (SSSR count). The Hall–Kier alpha value is -1.36. The fourth-order valence-corrected chi connectivity index (χ4v) is 3.46. The highest BCUT2D eigenvalue weighted by molar-refractivity contribution is 5.73. The molecule has 0 radical (unpaired) electrons. The minimum atomic E-state index is -0.736. The van der Waals surface area contributed by atoms with E-state index >= 15 is 0 Å². The Morgan fingerprint density at radius 2 is 2.10 bits per heavy atom. The largest absolute Gasteiger partial charge is 0.480 e. The van der Waals surface area contributed by atoms with Crippen molar-refractivity contribution in [2.75, 3.05) is 0 Å². The molecule has 0 amide bonds. The smallest absolute Gasteiger partial charge is 0.320 e. The maximum absolute atomic E-state index is 10.9. The van der Waals surface area contributed by atoms with Crippen LogP contribution in [0, 0.1) is 0 Å². The van der Waals surface area contributed by atoms with Crippen LogP contribution < -0.4 is 5.32 Å². The van der Waals surface area contributed by atoms with E-state index in [0.717, 1.165) is 25.0 Å². The van der Waals surface area contributed by atoms with Crippen molar-refractivity contribution in [3.63, 3.8) is 0 Å². The standard InChI is InChI=1S/C15H23N3O2/c19-15(20)14-7-6-11(16-14)10-12-8-9-18(17-12)13-4-2-1-3-5-13/h8-9,11,13-14,16H,1-7,10H2,(H,19,20). The van der Waals surface area contributed by atoms with E-state index in [9.17, 15) is 4.79 Å². The van der Waals surface area contributed by atoms with E-state index in [0.29, 0.717) is 6.04 Å². The Morgan fingerprint density at radius 3 is 2.80 bits per heavy atom. The van der Waals surface area contributed by atoms with E-state index in [-0.39, 0.29) is 12.1 Å². The van der Waals surface area contributed by atoms with Gasteiger partial charge in [0, 0.05) is 18.7 Å². The number of nitrogens with zero attached hydrogens (tertiary/aromatic N) is 2. The first-order chi connectivity index (χ1) is 9.72. The number of hydrogen-bond donors (Lipinski definition) is 2. The maximum Gasteiger partial charge on any atom is 0.320 e. The van der Waals surface area contributed by atoms with Gasteiger partial charge in [-0.05, 0) is 31.7 Å². The number of aliphatic carboxylic acids is 1. The van der Waals surface area contributed by atoms with Crippen LogP contribution in [0.4, 0.5) is 0 Å². The highest BCUT2D eigenvalue weighted by Crippen LogP contribution is 2.27. The predicted molar refractivity (Wildman–Crippen MR) is 75.6 cm³/mol. The highest BCUT2D eigenvalue weighted by Gasteiger charge is 2.29. The van der Waals surface area contributed by atoms with E-state index in [4.69, 9.17) is 10.2 Å². The van der Waals surface area contributed by atoms with Gasteiger partial charge in [0.1, 0.15) is 6.04 Å². The summed E-state index contributed by atoms with van der Waals surface area (Å²) in [7, 11) is 0. The SMILES string of the molecule is O=C(O)C1CCC(Cc2ccn(C3CCCCC3)n2)N1. The lowest BCUT2D eigenvalue weighted by atomic mass is 9.96. The monoisotopic (exact) mass is 277 g/mol. The number of carboxylic acid groups (broad SMARTS) is 1. The van der Waals surface area contributed by atoms with E-state index < -0.39 is 5.97 Å². The van der Waals surface area contributed by atoms with Gasteiger partial charge in [-0.1, -0.05) is 19.3 Å². The van der Waals surface area contributed by atoms with Crippen molar-refractivity contribution in [2.24, 2.45) is 0 Å². The summed E-state index contributed by atoms with van der Waals surface area (Å²) in [4.78, 5) is 10.9. The molecule has 2 N–H and O–H groups in total. The van der Waals surface area contributed by atoms with Gasteiger partial charge in [0.2, 0.25) is 0 Å². The van der Waals surface area contributed by atoms with Gasteiger partial charge >= 0.3 is 5.97 Å². The fraction of sp³-hybridized carbons (Fsp3) is 0.733. The summed E-state index contributed by atoms with van der Waals surface area (Å²) in [5.41, 5.74) is 1.08. The molecule has 110 valence electrons. The number of nitrogens with one attached hydrogen (secondary N) is 1. The van der Waals surface area contributed by atoms with Gasteiger partial charge in [-0.25, -0.2) is 0 Å². The molecule has 1 aromatic heterocycles. The molecule has 2 aliphatic rings. The van der Waals surface area contributed by atoms with Crippen molar-refractivity contribution < 1.29 is 9.90 Å². The first-order valence-electron chi connectivity index (χ1n) is 7.75. The van der Waals surface area contributed by atoms with Crippen LogP contribution in [0.5, 0.6) is 0 Å². The highest BCUT2D eigenvalue weighted by atomic mass is 16.4. The summed E-state index contributed by atoms with van der Waals surface area (Å²) in [6.07, 6.45) is 11.0. The van der Waals surface area contributed by atoms with E-state index in [1.165, 1.54) is 32.1 Å². The maximum atomic E-state index is 10.9. The minimum Gasteiger partial charge on any atom is -0.480 e. The van der Waals surface area contributed by atoms with Gasteiger partial charge in [-0.3, -0.25) is 9.48 Å². The molecule has 0 bridgehead atoms. The lowest BCUT2D eigenvalue weighted by Gasteiger charge is -2.21. The number of carboxylic acids is 1. The van der Waals surface area contributed by atoms with Crippen LogP contribution in [0.25, 0.3) is 0 Å². The van der Waals surface area contributed by atoms with Gasteiger partial charge in [0.05, 0.1) is 11.7 Å². The second-order valence-electron chi connectivity index (χ2n) is 6.11. The van der Waals surface area contributed by atoms with Crippen LogP contribution in [0.1, 0.15) is 56.7 Å².